The van der Waals surface area contributed by atoms with Crippen LogP contribution in [0.4, 0.5) is 0 Å². The molecule has 1 aromatic heterocycles. The number of carbonyl (C=O) groups is 1. The number of fused-ring (bicyclic) bond motifs is 1. The molecule has 3 fully saturated rings. The summed E-state index contributed by atoms with van der Waals surface area (Å²) < 4.78 is 2.34. The molecule has 126 valence electrons. The van der Waals surface area contributed by atoms with Crippen molar-refractivity contribution in [2.75, 3.05) is 0 Å². The Morgan fingerprint density at radius 3 is 2.58 bits per heavy atom. The van der Waals surface area contributed by atoms with Gasteiger partial charge in [0.05, 0.1) is 17.6 Å². The zero-order valence-electron chi connectivity index (χ0n) is 14.1. The molecule has 4 heteroatoms. The summed E-state index contributed by atoms with van der Waals surface area (Å²) in [6, 6.07) is 8.89. The minimum absolute atomic E-state index is 0.218. The molecular weight excluding hydrogens is 298 g/mol. The van der Waals surface area contributed by atoms with Gasteiger partial charge in [0.15, 0.2) is 0 Å². The fraction of sp³-hybridized carbons (Fsp3) is 0.600. The molecule has 3 aliphatic carbocycles. The van der Waals surface area contributed by atoms with Crippen LogP contribution in [0.5, 0.6) is 0 Å². The van der Waals surface area contributed by atoms with Crippen LogP contribution >= 0.6 is 0 Å². The molecule has 1 heterocycles. The Kier molecular flexibility index (Phi) is 3.22. The molecule has 0 bridgehead atoms. The monoisotopic (exact) mass is 323 g/mol. The molecule has 24 heavy (non-hydrogen) atoms. The smallest absolute Gasteiger partial charge is 0.223 e. The molecule has 3 saturated carbocycles. The van der Waals surface area contributed by atoms with Gasteiger partial charge in [-0.15, -0.1) is 0 Å². The second kappa shape index (κ2) is 5.33. The number of benzene rings is 1. The highest BCUT2D eigenvalue weighted by Gasteiger charge is 2.45. The first kappa shape index (κ1) is 14.5. The minimum Gasteiger partial charge on any atom is -0.349 e. The molecule has 1 aromatic carbocycles. The van der Waals surface area contributed by atoms with Crippen molar-refractivity contribution in [1.82, 2.24) is 14.9 Å². The lowest BCUT2D eigenvalue weighted by atomic mass is 9.79. The highest BCUT2D eigenvalue weighted by Crippen LogP contribution is 2.57. The zero-order valence-corrected chi connectivity index (χ0v) is 14.1. The fourth-order valence-electron chi connectivity index (χ4n) is 4.44. The largest absolute Gasteiger partial charge is 0.349 e. The van der Waals surface area contributed by atoms with E-state index in [0.717, 1.165) is 24.2 Å². The average molecular weight is 323 g/mol. The van der Waals surface area contributed by atoms with Crippen LogP contribution in [0.3, 0.4) is 0 Å². The summed E-state index contributed by atoms with van der Waals surface area (Å²) in [5, 5.41) is 3.18. The van der Waals surface area contributed by atoms with E-state index >= 15 is 0 Å². The number of amides is 1. The van der Waals surface area contributed by atoms with Gasteiger partial charge < -0.3 is 9.88 Å². The van der Waals surface area contributed by atoms with Crippen LogP contribution in [0, 0.1) is 11.3 Å². The van der Waals surface area contributed by atoms with E-state index in [9.17, 15) is 4.79 Å². The predicted octanol–water partition coefficient (Wildman–Crippen LogP) is 3.96. The van der Waals surface area contributed by atoms with E-state index in [1.807, 2.05) is 6.07 Å². The predicted molar refractivity (Wildman–Crippen MR) is 93.5 cm³/mol. The lowest BCUT2D eigenvalue weighted by molar-refractivity contribution is -0.126. The number of carbonyl (C=O) groups excluding carboxylic acids is 1. The summed E-state index contributed by atoms with van der Waals surface area (Å²) in [7, 11) is 0. The first-order chi connectivity index (χ1) is 11.7. The van der Waals surface area contributed by atoms with Crippen molar-refractivity contribution in [3.05, 3.63) is 30.1 Å². The van der Waals surface area contributed by atoms with Crippen molar-refractivity contribution in [2.45, 2.75) is 64.0 Å². The van der Waals surface area contributed by atoms with E-state index < -0.39 is 0 Å². The third kappa shape index (κ3) is 2.52. The van der Waals surface area contributed by atoms with Crippen LogP contribution in [0.25, 0.3) is 11.0 Å². The summed E-state index contributed by atoms with van der Waals surface area (Å²) in [6.45, 7) is 0.561. The lowest BCUT2D eigenvalue weighted by Gasteiger charge is -2.27. The molecular formula is C20H25N3O. The van der Waals surface area contributed by atoms with Crippen LogP contribution in [-0.2, 0) is 11.3 Å². The van der Waals surface area contributed by atoms with Gasteiger partial charge in [0.1, 0.15) is 5.82 Å². The number of imidazole rings is 1. The van der Waals surface area contributed by atoms with E-state index in [1.54, 1.807) is 0 Å². The number of nitrogens with one attached hydrogen (secondary N) is 1. The Morgan fingerprint density at radius 2 is 1.88 bits per heavy atom. The molecule has 0 unspecified atom stereocenters. The molecule has 3 aliphatic rings. The third-order valence-corrected chi connectivity index (χ3v) is 6.38. The van der Waals surface area contributed by atoms with Crippen molar-refractivity contribution >= 4 is 16.9 Å². The average Bonchev–Trinajstić information content (AvgIpc) is 3.54. The summed E-state index contributed by atoms with van der Waals surface area (Å²) in [4.78, 5) is 17.3. The first-order valence-electron chi connectivity index (χ1n) is 9.48. The maximum absolute atomic E-state index is 12.6. The SMILES string of the molecule is O=C(NCc1nc2ccccc2n1C1CC1)C1CCC2(CC1)CC2. The van der Waals surface area contributed by atoms with Crippen molar-refractivity contribution < 1.29 is 4.79 Å². The highest BCUT2D eigenvalue weighted by molar-refractivity contribution is 5.79. The van der Waals surface area contributed by atoms with E-state index in [2.05, 4.69) is 28.1 Å². The second-order valence-electron chi connectivity index (χ2n) is 8.11. The third-order valence-electron chi connectivity index (χ3n) is 6.38. The Balaban J connectivity index is 1.29. The van der Waals surface area contributed by atoms with Gasteiger partial charge in [-0.3, -0.25) is 4.79 Å². The summed E-state index contributed by atoms with van der Waals surface area (Å²) in [6.07, 6.45) is 9.91. The standard InChI is InChI=1S/C20H25N3O/c24-19(14-7-9-20(10-8-14)11-12-20)21-13-18-22-16-3-1-2-4-17(16)23(18)15-5-6-15/h1-4,14-15H,5-13H2,(H,21,24). The molecule has 2 aromatic rings. The van der Waals surface area contributed by atoms with E-state index in [0.29, 0.717) is 18.0 Å². The molecule has 0 radical (unpaired) electrons. The lowest BCUT2D eigenvalue weighted by Crippen LogP contribution is -2.33. The second-order valence-corrected chi connectivity index (χ2v) is 8.11. The zero-order chi connectivity index (χ0) is 16.1. The Hall–Kier alpha value is -1.84. The number of hydrogen-bond acceptors (Lipinski definition) is 2. The van der Waals surface area contributed by atoms with E-state index in [4.69, 9.17) is 4.98 Å². The van der Waals surface area contributed by atoms with Gasteiger partial charge in [0.2, 0.25) is 5.91 Å². The number of rotatable bonds is 4. The van der Waals surface area contributed by atoms with Crippen LogP contribution in [-0.4, -0.2) is 15.5 Å². The van der Waals surface area contributed by atoms with Crippen molar-refractivity contribution in [2.24, 2.45) is 11.3 Å². The van der Waals surface area contributed by atoms with Gasteiger partial charge in [0, 0.05) is 12.0 Å². The number of para-hydroxylation sites is 2. The van der Waals surface area contributed by atoms with Gasteiger partial charge in [-0.05, 0) is 68.9 Å². The van der Waals surface area contributed by atoms with Crippen molar-refractivity contribution in [3.63, 3.8) is 0 Å². The quantitative estimate of drug-likeness (QED) is 0.926. The molecule has 0 saturated heterocycles. The summed E-state index contributed by atoms with van der Waals surface area (Å²) in [5.74, 6) is 1.47. The van der Waals surface area contributed by atoms with Gasteiger partial charge in [-0.1, -0.05) is 12.1 Å². The van der Waals surface area contributed by atoms with Gasteiger partial charge in [-0.2, -0.15) is 0 Å². The number of aromatic nitrogens is 2. The van der Waals surface area contributed by atoms with Crippen LogP contribution < -0.4 is 5.32 Å². The van der Waals surface area contributed by atoms with Crippen LogP contribution in [0.1, 0.15) is 63.2 Å². The van der Waals surface area contributed by atoms with E-state index in [1.165, 1.54) is 44.0 Å². The normalized spacial score (nSPS) is 22.8. The number of nitrogens with zero attached hydrogens (tertiary/aromatic N) is 2. The van der Waals surface area contributed by atoms with E-state index in [-0.39, 0.29) is 11.8 Å². The molecule has 1 amide bonds. The molecule has 1 spiro atoms. The highest BCUT2D eigenvalue weighted by atomic mass is 16.1. The van der Waals surface area contributed by atoms with Crippen LogP contribution in [0.15, 0.2) is 24.3 Å². The van der Waals surface area contributed by atoms with Gasteiger partial charge in [0.25, 0.3) is 0 Å². The van der Waals surface area contributed by atoms with Crippen LogP contribution in [0.2, 0.25) is 0 Å². The summed E-state index contributed by atoms with van der Waals surface area (Å²) in [5.41, 5.74) is 2.90. The van der Waals surface area contributed by atoms with Gasteiger partial charge in [-0.25, -0.2) is 4.98 Å². The molecule has 4 nitrogen and oxygen atoms in total. The maximum Gasteiger partial charge on any atom is 0.223 e. The van der Waals surface area contributed by atoms with Crippen molar-refractivity contribution in [3.8, 4) is 0 Å². The van der Waals surface area contributed by atoms with Gasteiger partial charge >= 0.3 is 0 Å². The fourth-order valence-corrected chi connectivity index (χ4v) is 4.44. The Labute approximate surface area is 142 Å². The molecule has 5 rings (SSSR count). The summed E-state index contributed by atoms with van der Waals surface area (Å²) >= 11 is 0. The Bertz CT molecular complexity index is 775. The topological polar surface area (TPSA) is 46.9 Å². The Morgan fingerprint density at radius 1 is 1.12 bits per heavy atom. The maximum atomic E-state index is 12.6. The van der Waals surface area contributed by atoms with Crippen molar-refractivity contribution in [1.29, 1.82) is 0 Å². The number of hydrogen-bond donors (Lipinski definition) is 1. The molecule has 0 aliphatic heterocycles. The minimum atomic E-state index is 0.218. The molecule has 1 N–H and O–H groups in total. The first-order valence-corrected chi connectivity index (χ1v) is 9.48. The molecule has 0 atom stereocenters.